The molecule has 3 amide bonds. The lowest BCUT2D eigenvalue weighted by Gasteiger charge is -2.39. The highest BCUT2D eigenvalue weighted by molar-refractivity contribution is 7.07. The van der Waals surface area contributed by atoms with Gasteiger partial charge in [0.15, 0.2) is 0 Å². The molecule has 5 rings (SSSR count). The van der Waals surface area contributed by atoms with Gasteiger partial charge in [-0.15, -0.1) is 0 Å². The summed E-state index contributed by atoms with van der Waals surface area (Å²) in [5.41, 5.74) is 0.859. The summed E-state index contributed by atoms with van der Waals surface area (Å²) in [6.45, 7) is 8.53. The maximum atomic E-state index is 13.9. The molecule has 222 valence electrons. The molecule has 6 bridgehead atoms. The molecule has 4 saturated heterocycles. The van der Waals surface area contributed by atoms with Crippen LogP contribution < -0.4 is 5.32 Å². The van der Waals surface area contributed by atoms with Crippen LogP contribution in [0, 0.1) is 5.41 Å². The van der Waals surface area contributed by atoms with E-state index in [1.54, 1.807) is 16.2 Å². The van der Waals surface area contributed by atoms with Gasteiger partial charge in [-0.05, 0) is 34.2 Å². The van der Waals surface area contributed by atoms with Gasteiger partial charge in [-0.25, -0.2) is 0 Å². The van der Waals surface area contributed by atoms with Crippen molar-refractivity contribution < 1.29 is 34.1 Å². The number of carbonyl (C=O) groups is 3. The van der Waals surface area contributed by atoms with E-state index < -0.39 is 36.6 Å². The zero-order valence-corrected chi connectivity index (χ0v) is 24.3. The Morgan fingerprint density at radius 1 is 1.12 bits per heavy atom. The zero-order chi connectivity index (χ0) is 28.6. The molecule has 0 spiro atoms. The Balaban J connectivity index is 1.41. The van der Waals surface area contributed by atoms with Crippen LogP contribution in [0.1, 0.15) is 45.6 Å². The third kappa shape index (κ3) is 6.85. The molecule has 1 aromatic rings. The van der Waals surface area contributed by atoms with E-state index in [0.717, 1.165) is 5.56 Å². The maximum absolute atomic E-state index is 13.9. The van der Waals surface area contributed by atoms with Gasteiger partial charge in [0.05, 0.1) is 31.3 Å². The van der Waals surface area contributed by atoms with E-state index in [2.05, 4.69) is 15.6 Å². The highest BCUT2D eigenvalue weighted by atomic mass is 32.1. The molecule has 1 aromatic heterocycles. The molecule has 12 heteroatoms. The van der Waals surface area contributed by atoms with Crippen LogP contribution in [0.2, 0.25) is 0 Å². The number of amides is 3. The van der Waals surface area contributed by atoms with Crippen molar-refractivity contribution in [2.45, 2.75) is 89.2 Å². The van der Waals surface area contributed by atoms with Gasteiger partial charge in [-0.3, -0.25) is 19.3 Å². The number of aliphatic hydroxyl groups is 2. The first kappa shape index (κ1) is 29.4. The minimum Gasteiger partial charge on any atom is -0.388 e. The second-order valence-electron chi connectivity index (χ2n) is 12.8. The Morgan fingerprint density at radius 2 is 1.90 bits per heavy atom. The number of hydrogen-bond donors (Lipinski definition) is 3. The fourth-order valence-corrected chi connectivity index (χ4v) is 6.88. The van der Waals surface area contributed by atoms with Gasteiger partial charge in [0.2, 0.25) is 17.7 Å². The number of thiophene rings is 1. The van der Waals surface area contributed by atoms with Crippen molar-refractivity contribution in [3.63, 3.8) is 0 Å². The van der Waals surface area contributed by atoms with Gasteiger partial charge in [0.1, 0.15) is 18.3 Å². The standard InChI is InChI=1S/C28H42N4O7S/c1-28(2,3)10-24(34)32-14-19-13-30(5-6-38-19)27(37)20-8-18(12-31(20)11-17-4-7-40-16-17)29-23(33)9-21-25(35)26(36)22(15-32)39-21/h4,7,16,18-22,25-26,35-36H,5-6,8-15H2,1-3H3,(H,29,33)/t18-,19-,20-,21-,22+,25-,26+/m0/s1. The van der Waals surface area contributed by atoms with Gasteiger partial charge in [-0.1, -0.05) is 20.8 Å². The van der Waals surface area contributed by atoms with Gasteiger partial charge in [0, 0.05) is 51.7 Å². The molecule has 0 aliphatic carbocycles. The Hall–Kier alpha value is -2.09. The van der Waals surface area contributed by atoms with Crippen LogP contribution in [0.5, 0.6) is 0 Å². The highest BCUT2D eigenvalue weighted by Gasteiger charge is 2.46. The van der Waals surface area contributed by atoms with Crippen LogP contribution in [0.4, 0.5) is 0 Å². The third-order valence-corrected chi connectivity index (χ3v) is 8.91. The molecule has 0 radical (unpaired) electrons. The number of hydrogen-bond acceptors (Lipinski definition) is 9. The lowest BCUT2D eigenvalue weighted by molar-refractivity contribution is -0.148. The number of nitrogens with zero attached hydrogens (tertiary/aromatic N) is 3. The number of nitrogens with one attached hydrogen (secondary N) is 1. The van der Waals surface area contributed by atoms with Gasteiger partial charge in [-0.2, -0.15) is 11.3 Å². The first-order valence-electron chi connectivity index (χ1n) is 14.2. The molecule has 40 heavy (non-hydrogen) atoms. The number of aliphatic hydroxyl groups excluding tert-OH is 2. The Morgan fingerprint density at radius 3 is 2.62 bits per heavy atom. The molecule has 7 atom stereocenters. The summed E-state index contributed by atoms with van der Waals surface area (Å²) in [7, 11) is 0. The summed E-state index contributed by atoms with van der Waals surface area (Å²) in [5.74, 6) is -0.411. The number of morpholine rings is 1. The van der Waals surface area contributed by atoms with Gasteiger partial charge >= 0.3 is 0 Å². The van der Waals surface area contributed by atoms with Crippen molar-refractivity contribution in [3.05, 3.63) is 22.4 Å². The quantitative estimate of drug-likeness (QED) is 0.464. The minimum atomic E-state index is -1.25. The van der Waals surface area contributed by atoms with Crippen LogP contribution in [-0.2, 0) is 30.4 Å². The van der Waals surface area contributed by atoms with Crippen LogP contribution in [-0.4, -0.2) is 125 Å². The SMILES string of the molecule is CC(C)(C)CC(=O)N1C[C@@H]2CN(CCO2)C(=O)[C@@H]2C[C@@H](CN2Cc2ccsc2)NC(=O)C[C@@H]2O[C@H](C1)[C@@H](O)[C@H]2O. The third-order valence-electron chi connectivity index (χ3n) is 8.18. The molecular formula is C28H42N4O7S. The average molecular weight is 579 g/mol. The summed E-state index contributed by atoms with van der Waals surface area (Å²) in [6.07, 6.45) is -3.98. The highest BCUT2D eigenvalue weighted by Crippen LogP contribution is 2.29. The van der Waals surface area contributed by atoms with E-state index in [1.807, 2.05) is 37.1 Å². The first-order valence-corrected chi connectivity index (χ1v) is 15.2. The number of likely N-dealkylation sites (tertiary alicyclic amines) is 1. The van der Waals surface area contributed by atoms with E-state index in [1.165, 1.54) is 0 Å². The maximum Gasteiger partial charge on any atom is 0.240 e. The second-order valence-corrected chi connectivity index (χ2v) is 13.6. The smallest absolute Gasteiger partial charge is 0.240 e. The van der Waals surface area contributed by atoms with E-state index in [0.29, 0.717) is 39.2 Å². The van der Waals surface area contributed by atoms with Crippen molar-refractivity contribution in [1.29, 1.82) is 0 Å². The van der Waals surface area contributed by atoms with Crippen LogP contribution >= 0.6 is 11.3 Å². The predicted molar refractivity (Wildman–Crippen MR) is 147 cm³/mol. The fraction of sp³-hybridized carbons (Fsp3) is 0.750. The number of rotatable bonds is 3. The molecule has 11 nitrogen and oxygen atoms in total. The average Bonchev–Trinajstić information content (AvgIpc) is 3.60. The number of carbonyl (C=O) groups excluding carboxylic acids is 3. The zero-order valence-electron chi connectivity index (χ0n) is 23.5. The number of fused-ring (bicyclic) bond motifs is 6. The predicted octanol–water partition coefficient (Wildman–Crippen LogP) is 0.192. The van der Waals surface area contributed by atoms with Crippen LogP contribution in [0.3, 0.4) is 0 Å². The second kappa shape index (κ2) is 12.0. The summed E-state index contributed by atoms with van der Waals surface area (Å²) < 4.78 is 12.0. The molecule has 0 saturated carbocycles. The van der Waals surface area contributed by atoms with Gasteiger partial charge in [0.25, 0.3) is 0 Å². The van der Waals surface area contributed by atoms with Crippen LogP contribution in [0.15, 0.2) is 16.8 Å². The van der Waals surface area contributed by atoms with Gasteiger partial charge < -0.3 is 34.8 Å². The Kier molecular flexibility index (Phi) is 8.84. The molecule has 0 aromatic carbocycles. The molecule has 5 heterocycles. The van der Waals surface area contributed by atoms with E-state index in [4.69, 9.17) is 9.47 Å². The van der Waals surface area contributed by atoms with Crippen molar-refractivity contribution >= 4 is 29.1 Å². The normalized spacial score (nSPS) is 34.3. The lowest BCUT2D eigenvalue weighted by atomic mass is 9.91. The molecule has 3 N–H and O–H groups in total. The van der Waals surface area contributed by atoms with Crippen molar-refractivity contribution in [3.8, 4) is 0 Å². The van der Waals surface area contributed by atoms with Crippen molar-refractivity contribution in [2.24, 2.45) is 5.41 Å². The first-order chi connectivity index (χ1) is 19.0. The van der Waals surface area contributed by atoms with E-state index in [9.17, 15) is 24.6 Å². The summed E-state index contributed by atoms with van der Waals surface area (Å²) >= 11 is 1.61. The lowest BCUT2D eigenvalue weighted by Crippen LogP contribution is -2.55. The number of ether oxygens (including phenoxy) is 2. The fourth-order valence-electron chi connectivity index (χ4n) is 6.22. The topological polar surface area (TPSA) is 132 Å². The Labute approximate surface area is 239 Å². The summed E-state index contributed by atoms with van der Waals surface area (Å²) in [6, 6.07) is 1.42. The van der Waals surface area contributed by atoms with E-state index in [-0.39, 0.29) is 55.1 Å². The van der Waals surface area contributed by atoms with E-state index >= 15 is 0 Å². The Bertz CT molecular complexity index is 1060. The molecule has 4 aliphatic rings. The molecule has 0 unspecified atom stereocenters. The van der Waals surface area contributed by atoms with Crippen molar-refractivity contribution in [1.82, 2.24) is 20.0 Å². The molecule has 4 fully saturated rings. The minimum absolute atomic E-state index is 0.00851. The van der Waals surface area contributed by atoms with Crippen LogP contribution in [0.25, 0.3) is 0 Å². The summed E-state index contributed by atoms with van der Waals surface area (Å²) in [5, 5.41) is 28.6. The largest absolute Gasteiger partial charge is 0.388 e. The monoisotopic (exact) mass is 578 g/mol. The summed E-state index contributed by atoms with van der Waals surface area (Å²) in [4.78, 5) is 45.9. The molecule has 4 aliphatic heterocycles. The molecular weight excluding hydrogens is 536 g/mol. The van der Waals surface area contributed by atoms with Crippen molar-refractivity contribution in [2.75, 3.05) is 39.3 Å².